The zero-order valence-corrected chi connectivity index (χ0v) is 11.3. The first-order valence-corrected chi connectivity index (χ1v) is 6.96. The van der Waals surface area contributed by atoms with E-state index in [1.54, 1.807) is 17.8 Å². The fourth-order valence-electron chi connectivity index (χ4n) is 1.67. The topological polar surface area (TPSA) is 43.1 Å². The number of thioether (sulfide) groups is 1. The van der Waals surface area contributed by atoms with Crippen molar-refractivity contribution in [3.05, 3.63) is 65.7 Å². The summed E-state index contributed by atoms with van der Waals surface area (Å²) in [4.78, 5) is 11.5. The molecule has 0 aromatic heterocycles. The molecule has 0 spiro atoms. The summed E-state index contributed by atoms with van der Waals surface area (Å²) in [7, 11) is 0. The molecule has 0 aliphatic heterocycles. The van der Waals surface area contributed by atoms with Crippen LogP contribution in [0.25, 0.3) is 6.08 Å². The van der Waals surface area contributed by atoms with Gasteiger partial charge in [-0.25, -0.2) is 0 Å². The van der Waals surface area contributed by atoms with Gasteiger partial charge >= 0.3 is 0 Å². The van der Waals surface area contributed by atoms with Crippen molar-refractivity contribution in [1.82, 2.24) is 0 Å². The number of hydrogen-bond donors (Lipinski definition) is 1. The van der Waals surface area contributed by atoms with Crippen molar-refractivity contribution >= 4 is 29.8 Å². The average molecular weight is 269 g/mol. The summed E-state index contributed by atoms with van der Waals surface area (Å²) < 4.78 is 0. The van der Waals surface area contributed by atoms with E-state index in [2.05, 4.69) is 12.1 Å². The molecule has 0 atom stereocenters. The van der Waals surface area contributed by atoms with Crippen LogP contribution in [0.1, 0.15) is 11.1 Å². The molecule has 0 unspecified atom stereocenters. The molecular formula is C16H15NOS. The Labute approximate surface area is 117 Å². The summed E-state index contributed by atoms with van der Waals surface area (Å²) in [5, 5.41) is 0. The zero-order chi connectivity index (χ0) is 13.5. The number of carbonyl (C=O) groups is 1. The third-order valence-electron chi connectivity index (χ3n) is 2.66. The normalized spacial score (nSPS) is 10.7. The lowest BCUT2D eigenvalue weighted by Crippen LogP contribution is -1.89. The largest absolute Gasteiger partial charge is 0.398 e. The van der Waals surface area contributed by atoms with Crippen molar-refractivity contribution in [2.75, 3.05) is 5.73 Å². The Hall–Kier alpha value is -2.00. The van der Waals surface area contributed by atoms with Crippen LogP contribution in [-0.4, -0.2) is 6.29 Å². The highest BCUT2D eigenvalue weighted by atomic mass is 32.2. The van der Waals surface area contributed by atoms with E-state index in [1.165, 1.54) is 11.6 Å². The van der Waals surface area contributed by atoms with Gasteiger partial charge in [-0.15, -0.1) is 11.8 Å². The second-order valence-corrected chi connectivity index (χ2v) is 5.11. The first-order valence-electron chi connectivity index (χ1n) is 5.97. The predicted octanol–water partition coefficient (Wildman–Crippen LogP) is 3.77. The van der Waals surface area contributed by atoms with Crippen LogP contribution in [0.15, 0.2) is 59.5 Å². The average Bonchev–Trinajstić information content (AvgIpc) is 2.46. The summed E-state index contributed by atoms with van der Waals surface area (Å²) >= 11 is 1.75. The minimum Gasteiger partial charge on any atom is -0.398 e. The van der Waals surface area contributed by atoms with Crippen LogP contribution in [0.5, 0.6) is 0 Å². The van der Waals surface area contributed by atoms with Crippen molar-refractivity contribution in [2.45, 2.75) is 10.6 Å². The fourth-order valence-corrected chi connectivity index (χ4v) is 2.57. The summed E-state index contributed by atoms with van der Waals surface area (Å²) in [6, 6.07) is 16.2. The molecule has 0 amide bonds. The highest BCUT2D eigenvalue weighted by molar-refractivity contribution is 7.98. The van der Waals surface area contributed by atoms with Gasteiger partial charge in [-0.3, -0.25) is 4.79 Å². The van der Waals surface area contributed by atoms with E-state index >= 15 is 0 Å². The smallest absolute Gasteiger partial charge is 0.142 e. The molecule has 19 heavy (non-hydrogen) atoms. The quantitative estimate of drug-likeness (QED) is 0.389. The summed E-state index contributed by atoms with van der Waals surface area (Å²) in [6.45, 7) is 0. The molecule has 0 heterocycles. The lowest BCUT2D eigenvalue weighted by molar-refractivity contribution is -0.104. The van der Waals surface area contributed by atoms with E-state index in [4.69, 9.17) is 5.73 Å². The Balaban J connectivity index is 2.08. The minimum absolute atomic E-state index is 0.683. The van der Waals surface area contributed by atoms with Crippen molar-refractivity contribution in [1.29, 1.82) is 0 Å². The van der Waals surface area contributed by atoms with Crippen molar-refractivity contribution < 1.29 is 4.79 Å². The van der Waals surface area contributed by atoms with Crippen molar-refractivity contribution in [3.63, 3.8) is 0 Å². The maximum atomic E-state index is 10.4. The number of rotatable bonds is 5. The molecule has 0 aliphatic carbocycles. The minimum atomic E-state index is 0.683. The molecular weight excluding hydrogens is 254 g/mol. The molecule has 0 radical (unpaired) electrons. The van der Waals surface area contributed by atoms with Gasteiger partial charge in [0.05, 0.1) is 0 Å². The molecule has 0 saturated heterocycles. The Morgan fingerprint density at radius 2 is 1.89 bits per heavy atom. The van der Waals surface area contributed by atoms with E-state index in [0.717, 1.165) is 22.5 Å². The van der Waals surface area contributed by atoms with Crippen LogP contribution >= 0.6 is 11.8 Å². The molecule has 0 fully saturated rings. The molecule has 0 aliphatic rings. The van der Waals surface area contributed by atoms with Crippen molar-refractivity contribution in [2.24, 2.45) is 0 Å². The van der Waals surface area contributed by atoms with Gasteiger partial charge < -0.3 is 5.73 Å². The molecule has 0 saturated carbocycles. The Morgan fingerprint density at radius 3 is 2.63 bits per heavy atom. The highest BCUT2D eigenvalue weighted by Crippen LogP contribution is 2.26. The number of benzene rings is 2. The Bertz CT molecular complexity index is 579. The van der Waals surface area contributed by atoms with Gasteiger partial charge in [0.1, 0.15) is 6.29 Å². The lowest BCUT2D eigenvalue weighted by atomic mass is 10.2. The molecule has 2 aromatic rings. The van der Waals surface area contributed by atoms with Crippen LogP contribution in [0, 0.1) is 0 Å². The van der Waals surface area contributed by atoms with Crippen LogP contribution in [0.4, 0.5) is 5.69 Å². The van der Waals surface area contributed by atoms with E-state index in [1.807, 2.05) is 36.4 Å². The summed E-state index contributed by atoms with van der Waals surface area (Å²) in [5.74, 6) is 0.918. The zero-order valence-electron chi connectivity index (χ0n) is 10.5. The third kappa shape index (κ3) is 4.00. The van der Waals surface area contributed by atoms with Crippen LogP contribution in [0.3, 0.4) is 0 Å². The fraction of sp³-hybridized carbons (Fsp3) is 0.0625. The second-order valence-electron chi connectivity index (χ2n) is 4.06. The van der Waals surface area contributed by atoms with Gasteiger partial charge in [-0.2, -0.15) is 0 Å². The molecule has 0 bridgehead atoms. The Morgan fingerprint density at radius 1 is 1.11 bits per heavy atom. The molecule has 96 valence electrons. The van der Waals surface area contributed by atoms with Crippen LogP contribution < -0.4 is 5.73 Å². The van der Waals surface area contributed by atoms with Gasteiger partial charge in [0, 0.05) is 16.3 Å². The molecule has 2 nitrogen and oxygen atoms in total. The summed E-state index contributed by atoms with van der Waals surface area (Å²) in [5.41, 5.74) is 8.71. The molecule has 2 aromatic carbocycles. The van der Waals surface area contributed by atoms with Gasteiger partial charge in [0.25, 0.3) is 0 Å². The first kappa shape index (κ1) is 13.4. The first-order chi connectivity index (χ1) is 9.29. The highest BCUT2D eigenvalue weighted by Gasteiger charge is 2.00. The van der Waals surface area contributed by atoms with E-state index < -0.39 is 0 Å². The van der Waals surface area contributed by atoms with E-state index in [0.29, 0.717) is 5.69 Å². The monoisotopic (exact) mass is 269 g/mol. The standard InChI is InChI=1S/C16H15NOS/c17-16-9-8-15(11-14(16)7-4-10-18)19-12-13-5-2-1-3-6-13/h1-11H,12,17H2/b7-4+. The number of nitrogen functional groups attached to an aromatic ring is 1. The number of hydrogen-bond acceptors (Lipinski definition) is 3. The molecule has 2 rings (SSSR count). The SMILES string of the molecule is Nc1ccc(SCc2ccccc2)cc1/C=C/C=O. The second kappa shape index (κ2) is 6.81. The maximum absolute atomic E-state index is 10.4. The number of nitrogens with two attached hydrogens (primary N) is 1. The summed E-state index contributed by atoms with van der Waals surface area (Å²) in [6.07, 6.45) is 3.94. The lowest BCUT2D eigenvalue weighted by Gasteiger charge is -2.05. The molecule has 2 N–H and O–H groups in total. The maximum Gasteiger partial charge on any atom is 0.142 e. The predicted molar refractivity (Wildman–Crippen MR) is 82.0 cm³/mol. The van der Waals surface area contributed by atoms with Crippen LogP contribution in [0.2, 0.25) is 0 Å². The van der Waals surface area contributed by atoms with Gasteiger partial charge in [-0.1, -0.05) is 30.3 Å². The van der Waals surface area contributed by atoms with Crippen molar-refractivity contribution in [3.8, 4) is 0 Å². The number of allylic oxidation sites excluding steroid dienone is 1. The van der Waals surface area contributed by atoms with Gasteiger partial charge in [-0.05, 0) is 41.5 Å². The van der Waals surface area contributed by atoms with E-state index in [9.17, 15) is 4.79 Å². The Kier molecular flexibility index (Phi) is 4.81. The van der Waals surface area contributed by atoms with Gasteiger partial charge in [0.15, 0.2) is 0 Å². The van der Waals surface area contributed by atoms with Crippen LogP contribution in [-0.2, 0) is 10.5 Å². The number of carbonyl (C=O) groups excluding carboxylic acids is 1. The van der Waals surface area contributed by atoms with Gasteiger partial charge in [0.2, 0.25) is 0 Å². The number of anilines is 1. The third-order valence-corrected chi connectivity index (χ3v) is 3.73. The molecule has 3 heteroatoms. The van der Waals surface area contributed by atoms with E-state index in [-0.39, 0.29) is 0 Å². The number of aldehydes is 1.